The van der Waals surface area contributed by atoms with E-state index in [4.69, 9.17) is 17.3 Å². The maximum absolute atomic E-state index is 12.7. The Bertz CT molecular complexity index is 1040. The van der Waals surface area contributed by atoms with Crippen LogP contribution in [0.3, 0.4) is 0 Å². The largest absolute Gasteiger partial charge is 0.507 e. The summed E-state index contributed by atoms with van der Waals surface area (Å²) in [6.45, 7) is 1.85. The van der Waals surface area contributed by atoms with Crippen LogP contribution in [0.4, 0.5) is 0 Å². The Hall–Kier alpha value is -2.30. The normalized spacial score (nSPS) is 20.0. The number of fused-ring (bicyclic) bond motifs is 1. The van der Waals surface area contributed by atoms with Crippen molar-refractivity contribution >= 4 is 22.5 Å². The smallest absolute Gasteiger partial charge is 0.208 e. The molecule has 5 heteroatoms. The van der Waals surface area contributed by atoms with Gasteiger partial charge in [0.15, 0.2) is 0 Å². The van der Waals surface area contributed by atoms with Gasteiger partial charge < -0.3 is 15.8 Å². The summed E-state index contributed by atoms with van der Waals surface area (Å²) in [6, 6.07) is 9.87. The number of hydrogen-bond donors (Lipinski definition) is 3. The second-order valence-corrected chi connectivity index (χ2v) is 7.53. The zero-order valence-electron chi connectivity index (χ0n) is 14.6. The summed E-state index contributed by atoms with van der Waals surface area (Å²) in [6.07, 6.45) is 4.81. The molecule has 1 fully saturated rings. The molecule has 26 heavy (non-hydrogen) atoms. The fraction of sp³-hybridized carbons (Fsp3) is 0.286. The lowest BCUT2D eigenvalue weighted by atomic mass is 9.91. The summed E-state index contributed by atoms with van der Waals surface area (Å²) >= 11 is 6.04. The first-order valence-electron chi connectivity index (χ1n) is 8.86. The molecule has 1 aromatic heterocycles. The van der Waals surface area contributed by atoms with Gasteiger partial charge in [0.05, 0.1) is 10.9 Å². The van der Waals surface area contributed by atoms with Crippen molar-refractivity contribution in [3.8, 4) is 16.9 Å². The molecule has 0 radical (unpaired) electrons. The van der Waals surface area contributed by atoms with Crippen molar-refractivity contribution < 1.29 is 5.11 Å². The summed E-state index contributed by atoms with van der Waals surface area (Å²) in [4.78, 5) is 15.7. The van der Waals surface area contributed by atoms with Gasteiger partial charge in [-0.05, 0) is 48.4 Å². The summed E-state index contributed by atoms with van der Waals surface area (Å²) in [5.41, 5.74) is 9.92. The molecule has 2 atom stereocenters. The molecule has 2 unspecified atom stereocenters. The Labute approximate surface area is 156 Å². The highest BCUT2D eigenvalue weighted by Gasteiger charge is 2.25. The van der Waals surface area contributed by atoms with E-state index in [1.807, 2.05) is 19.1 Å². The van der Waals surface area contributed by atoms with Crippen LogP contribution in [0.15, 0.2) is 41.3 Å². The van der Waals surface area contributed by atoms with Crippen molar-refractivity contribution in [1.82, 2.24) is 4.98 Å². The maximum atomic E-state index is 12.7. The first kappa shape index (κ1) is 17.1. The number of aromatic nitrogens is 1. The average Bonchev–Trinajstić information content (AvgIpc) is 3.05. The third-order valence-corrected chi connectivity index (χ3v) is 5.77. The van der Waals surface area contributed by atoms with E-state index in [9.17, 15) is 9.90 Å². The molecule has 1 aliphatic carbocycles. The molecule has 0 spiro atoms. The van der Waals surface area contributed by atoms with Crippen LogP contribution >= 0.6 is 11.6 Å². The summed E-state index contributed by atoms with van der Waals surface area (Å²) in [7, 11) is 0. The number of H-pyrrole nitrogens is 1. The van der Waals surface area contributed by atoms with Gasteiger partial charge in [0.1, 0.15) is 10.8 Å². The number of hydrogen-bond acceptors (Lipinski definition) is 3. The average molecular weight is 369 g/mol. The molecule has 4 N–H and O–H groups in total. The van der Waals surface area contributed by atoms with Crippen LogP contribution in [0.5, 0.6) is 5.75 Å². The lowest BCUT2D eigenvalue weighted by molar-refractivity contribution is 0.477. The van der Waals surface area contributed by atoms with E-state index in [1.54, 1.807) is 6.07 Å². The number of phenolic OH excluding ortho intramolecular Hbond substituents is 1. The van der Waals surface area contributed by atoms with Gasteiger partial charge in [-0.1, -0.05) is 42.3 Å². The van der Waals surface area contributed by atoms with Gasteiger partial charge in [0, 0.05) is 17.8 Å². The Morgan fingerprint density at radius 3 is 2.62 bits per heavy atom. The molecule has 1 saturated carbocycles. The highest BCUT2D eigenvalue weighted by Crippen LogP contribution is 2.38. The van der Waals surface area contributed by atoms with Gasteiger partial charge in [-0.3, -0.25) is 4.79 Å². The molecule has 1 heterocycles. The van der Waals surface area contributed by atoms with Gasteiger partial charge in [0.25, 0.3) is 0 Å². The number of aryl methyl sites for hydroxylation is 1. The van der Waals surface area contributed by atoms with Gasteiger partial charge in [-0.15, -0.1) is 0 Å². The van der Waals surface area contributed by atoms with Gasteiger partial charge in [-0.25, -0.2) is 0 Å². The van der Waals surface area contributed by atoms with Crippen molar-refractivity contribution in [1.29, 1.82) is 0 Å². The monoisotopic (exact) mass is 368 g/mol. The quantitative estimate of drug-likeness (QED) is 0.624. The summed E-state index contributed by atoms with van der Waals surface area (Å²) in [5.74, 6) is 0.457. The topological polar surface area (TPSA) is 79.1 Å². The number of halogens is 1. The molecular weight excluding hydrogens is 348 g/mol. The third-order valence-electron chi connectivity index (χ3n) is 5.49. The van der Waals surface area contributed by atoms with E-state index in [2.05, 4.69) is 17.1 Å². The van der Waals surface area contributed by atoms with Crippen LogP contribution in [0.1, 0.15) is 36.3 Å². The minimum atomic E-state index is -0.281. The fourth-order valence-electron chi connectivity index (χ4n) is 4.13. The van der Waals surface area contributed by atoms with E-state index in [0.717, 1.165) is 30.4 Å². The van der Waals surface area contributed by atoms with Crippen LogP contribution in [0.2, 0.25) is 5.02 Å². The lowest BCUT2D eigenvalue weighted by Crippen LogP contribution is -2.22. The van der Waals surface area contributed by atoms with Crippen molar-refractivity contribution in [2.75, 3.05) is 0 Å². The number of aromatic amines is 1. The van der Waals surface area contributed by atoms with E-state index < -0.39 is 0 Å². The Morgan fingerprint density at radius 2 is 1.96 bits per heavy atom. The Balaban J connectivity index is 1.89. The van der Waals surface area contributed by atoms with Crippen molar-refractivity contribution in [3.63, 3.8) is 0 Å². The number of nitrogens with two attached hydrogens (primary N) is 1. The van der Waals surface area contributed by atoms with E-state index in [1.165, 1.54) is 11.8 Å². The first-order valence-corrected chi connectivity index (χ1v) is 9.24. The zero-order chi connectivity index (χ0) is 18.4. The molecule has 0 bridgehead atoms. The molecule has 0 aliphatic heterocycles. The number of benzene rings is 2. The van der Waals surface area contributed by atoms with Crippen molar-refractivity contribution in [2.24, 2.45) is 5.73 Å². The molecular formula is C21H21ClN2O2. The van der Waals surface area contributed by atoms with E-state index >= 15 is 0 Å². The zero-order valence-corrected chi connectivity index (χ0v) is 15.3. The molecule has 1 aliphatic rings. The number of rotatable bonds is 2. The third kappa shape index (κ3) is 2.70. The van der Waals surface area contributed by atoms with Crippen molar-refractivity contribution in [2.45, 2.75) is 38.1 Å². The number of phenols is 1. The van der Waals surface area contributed by atoms with E-state index in [-0.39, 0.29) is 22.2 Å². The second kappa shape index (κ2) is 6.45. The van der Waals surface area contributed by atoms with Crippen LogP contribution in [-0.4, -0.2) is 16.1 Å². The Morgan fingerprint density at radius 1 is 1.23 bits per heavy atom. The predicted octanol–water partition coefficient (Wildman–Crippen LogP) is 4.46. The SMILES string of the molecule is Cc1cc(O)c(-c2ccc(C3CCCC3N)cc2)c2c(=O)c(Cl)c[nH]c12. The number of pyridine rings is 1. The number of aromatic hydroxyl groups is 1. The summed E-state index contributed by atoms with van der Waals surface area (Å²) < 4.78 is 0. The lowest BCUT2D eigenvalue weighted by Gasteiger charge is -2.17. The highest BCUT2D eigenvalue weighted by molar-refractivity contribution is 6.31. The van der Waals surface area contributed by atoms with Crippen LogP contribution in [0.25, 0.3) is 22.0 Å². The molecule has 134 valence electrons. The predicted molar refractivity (Wildman–Crippen MR) is 106 cm³/mol. The minimum Gasteiger partial charge on any atom is -0.507 e. The first-order chi connectivity index (χ1) is 12.5. The number of nitrogens with one attached hydrogen (secondary N) is 1. The maximum Gasteiger partial charge on any atom is 0.208 e. The standard InChI is InChI=1S/C21H21ClN2O2/c1-11-9-17(25)18(19-20(11)24-10-15(22)21(19)26)13-7-5-12(6-8-13)14-3-2-4-16(14)23/h5-10,14,16,25H,2-4,23H2,1H3,(H,24,26). The highest BCUT2D eigenvalue weighted by atomic mass is 35.5. The molecule has 4 rings (SSSR count). The van der Waals surface area contributed by atoms with E-state index in [0.29, 0.717) is 22.4 Å². The summed E-state index contributed by atoms with van der Waals surface area (Å²) in [5, 5.41) is 11.1. The fourth-order valence-corrected chi connectivity index (χ4v) is 4.27. The molecule has 2 aromatic carbocycles. The molecule has 3 aromatic rings. The Kier molecular flexibility index (Phi) is 4.25. The molecule has 4 nitrogen and oxygen atoms in total. The van der Waals surface area contributed by atoms with Gasteiger partial charge >= 0.3 is 0 Å². The van der Waals surface area contributed by atoms with Gasteiger partial charge in [0.2, 0.25) is 5.43 Å². The van der Waals surface area contributed by atoms with Crippen molar-refractivity contribution in [3.05, 3.63) is 62.9 Å². The van der Waals surface area contributed by atoms with Crippen LogP contribution < -0.4 is 11.2 Å². The van der Waals surface area contributed by atoms with Crippen LogP contribution in [0, 0.1) is 6.92 Å². The molecule has 0 saturated heterocycles. The van der Waals surface area contributed by atoms with Crippen LogP contribution in [-0.2, 0) is 0 Å². The second-order valence-electron chi connectivity index (χ2n) is 7.13. The minimum absolute atomic E-state index is 0.0769. The molecule has 0 amide bonds. The van der Waals surface area contributed by atoms with Gasteiger partial charge in [-0.2, -0.15) is 0 Å².